The molecule has 3 nitrogen and oxygen atoms in total. The molecule has 0 radical (unpaired) electrons. The largest absolute Gasteiger partial charge is 0.508 e. The molecule has 1 aromatic heterocycles. The maximum atomic E-state index is 13.2. The molecule has 0 saturated heterocycles. The Hall–Kier alpha value is -1.39. The number of nitrogens with zero attached hydrogens (tertiary/aromatic N) is 2. The Morgan fingerprint density at radius 2 is 1.68 bits per heavy atom. The fourth-order valence-corrected chi connectivity index (χ4v) is 2.55. The van der Waals surface area contributed by atoms with Gasteiger partial charge in [0.1, 0.15) is 21.9 Å². The van der Waals surface area contributed by atoms with Crippen molar-refractivity contribution in [2.45, 2.75) is 19.8 Å². The van der Waals surface area contributed by atoms with Crippen LogP contribution in [-0.2, 0) is 0 Å². The number of phenols is 1. The standard InChI is InChI=1S/C13H11Cl2FN2O/c1-6(2)10-11(14)17-13(18-12(10)15)7-3-8(16)5-9(19)4-7/h3-6,19H,1-2H3. The van der Waals surface area contributed by atoms with E-state index in [1.807, 2.05) is 13.8 Å². The summed E-state index contributed by atoms with van der Waals surface area (Å²) >= 11 is 12.1. The minimum absolute atomic E-state index is 0.0787. The van der Waals surface area contributed by atoms with E-state index in [0.717, 1.165) is 6.07 Å². The zero-order valence-electron chi connectivity index (χ0n) is 10.3. The normalized spacial score (nSPS) is 11.1. The molecule has 2 aromatic rings. The lowest BCUT2D eigenvalue weighted by Gasteiger charge is -2.11. The van der Waals surface area contributed by atoms with Gasteiger partial charge >= 0.3 is 0 Å². The Balaban J connectivity index is 2.58. The molecule has 0 unspecified atom stereocenters. The van der Waals surface area contributed by atoms with Gasteiger partial charge in [-0.1, -0.05) is 37.0 Å². The van der Waals surface area contributed by atoms with E-state index in [0.29, 0.717) is 11.1 Å². The molecule has 0 fully saturated rings. The SMILES string of the molecule is CC(C)c1c(Cl)nc(-c2cc(O)cc(F)c2)nc1Cl. The van der Waals surface area contributed by atoms with Crippen molar-refractivity contribution >= 4 is 23.2 Å². The van der Waals surface area contributed by atoms with Crippen molar-refractivity contribution in [1.29, 1.82) is 0 Å². The molecule has 0 spiro atoms. The number of rotatable bonds is 2. The van der Waals surface area contributed by atoms with Crippen molar-refractivity contribution in [3.8, 4) is 17.1 Å². The summed E-state index contributed by atoms with van der Waals surface area (Å²) in [5.41, 5.74) is 0.962. The molecule has 1 heterocycles. The molecule has 1 aromatic carbocycles. The second kappa shape index (κ2) is 5.31. The van der Waals surface area contributed by atoms with Crippen LogP contribution in [0.5, 0.6) is 5.75 Å². The van der Waals surface area contributed by atoms with E-state index in [1.165, 1.54) is 12.1 Å². The lowest BCUT2D eigenvalue weighted by Crippen LogP contribution is -1.99. The van der Waals surface area contributed by atoms with Gasteiger partial charge in [-0.05, 0) is 18.1 Å². The van der Waals surface area contributed by atoms with Crippen molar-refractivity contribution < 1.29 is 9.50 Å². The zero-order valence-corrected chi connectivity index (χ0v) is 11.8. The van der Waals surface area contributed by atoms with Gasteiger partial charge in [-0.2, -0.15) is 0 Å². The quantitative estimate of drug-likeness (QED) is 0.835. The first-order chi connectivity index (χ1) is 8.88. The van der Waals surface area contributed by atoms with E-state index >= 15 is 0 Å². The van der Waals surface area contributed by atoms with Crippen LogP contribution in [-0.4, -0.2) is 15.1 Å². The number of benzene rings is 1. The van der Waals surface area contributed by atoms with Gasteiger partial charge in [-0.25, -0.2) is 14.4 Å². The van der Waals surface area contributed by atoms with E-state index in [9.17, 15) is 9.50 Å². The molecule has 0 aliphatic heterocycles. The average molecular weight is 301 g/mol. The van der Waals surface area contributed by atoms with Crippen LogP contribution in [0.4, 0.5) is 4.39 Å². The summed E-state index contributed by atoms with van der Waals surface area (Å²) < 4.78 is 13.2. The molecule has 19 heavy (non-hydrogen) atoms. The van der Waals surface area contributed by atoms with Crippen LogP contribution in [0.2, 0.25) is 10.3 Å². The Kier molecular flexibility index (Phi) is 3.92. The highest BCUT2D eigenvalue weighted by atomic mass is 35.5. The number of hydrogen-bond acceptors (Lipinski definition) is 3. The van der Waals surface area contributed by atoms with Crippen LogP contribution in [0.3, 0.4) is 0 Å². The van der Waals surface area contributed by atoms with Crippen molar-refractivity contribution in [3.63, 3.8) is 0 Å². The molecule has 2 rings (SSSR count). The van der Waals surface area contributed by atoms with Crippen LogP contribution < -0.4 is 0 Å². The van der Waals surface area contributed by atoms with Crippen LogP contribution in [0.1, 0.15) is 25.3 Å². The fraction of sp³-hybridized carbons (Fsp3) is 0.231. The molecule has 1 N–H and O–H groups in total. The van der Waals surface area contributed by atoms with Crippen LogP contribution in [0.15, 0.2) is 18.2 Å². The first kappa shape index (κ1) is 14.0. The summed E-state index contributed by atoms with van der Waals surface area (Å²) in [5, 5.41) is 9.84. The summed E-state index contributed by atoms with van der Waals surface area (Å²) in [6.07, 6.45) is 0. The van der Waals surface area contributed by atoms with Gasteiger partial charge < -0.3 is 5.11 Å². The van der Waals surface area contributed by atoms with E-state index in [-0.39, 0.29) is 27.8 Å². The van der Waals surface area contributed by atoms with Gasteiger partial charge in [-0.15, -0.1) is 0 Å². The first-order valence-corrected chi connectivity index (χ1v) is 6.37. The second-order valence-corrected chi connectivity index (χ2v) is 5.11. The van der Waals surface area contributed by atoms with E-state index in [2.05, 4.69) is 9.97 Å². The molecule has 0 atom stereocenters. The number of phenolic OH excluding ortho intramolecular Hbond substituents is 1. The summed E-state index contributed by atoms with van der Waals surface area (Å²) in [6.45, 7) is 3.84. The predicted octanol–water partition coefficient (Wildman–Crippen LogP) is 4.42. The monoisotopic (exact) mass is 300 g/mol. The van der Waals surface area contributed by atoms with Gasteiger partial charge in [0.2, 0.25) is 0 Å². The predicted molar refractivity (Wildman–Crippen MR) is 73.2 cm³/mol. The van der Waals surface area contributed by atoms with Gasteiger partial charge in [0.25, 0.3) is 0 Å². The van der Waals surface area contributed by atoms with Gasteiger partial charge in [-0.3, -0.25) is 0 Å². The number of aromatic hydroxyl groups is 1. The molecule has 0 saturated carbocycles. The van der Waals surface area contributed by atoms with Gasteiger partial charge in [0.05, 0.1) is 0 Å². The summed E-state index contributed by atoms with van der Waals surface area (Å²) in [4.78, 5) is 8.20. The smallest absolute Gasteiger partial charge is 0.162 e. The fourth-order valence-electron chi connectivity index (χ4n) is 1.73. The lowest BCUT2D eigenvalue weighted by molar-refractivity contribution is 0.469. The van der Waals surface area contributed by atoms with E-state index in [1.54, 1.807) is 0 Å². The average Bonchev–Trinajstić information content (AvgIpc) is 2.25. The molecule has 6 heteroatoms. The van der Waals surface area contributed by atoms with Gasteiger partial charge in [0, 0.05) is 17.2 Å². The van der Waals surface area contributed by atoms with E-state index < -0.39 is 5.82 Å². The summed E-state index contributed by atoms with van der Waals surface area (Å²) in [6, 6.07) is 3.55. The number of hydrogen-bond donors (Lipinski definition) is 1. The lowest BCUT2D eigenvalue weighted by atomic mass is 10.1. The number of aromatic nitrogens is 2. The van der Waals surface area contributed by atoms with Crippen molar-refractivity contribution in [2.75, 3.05) is 0 Å². The highest BCUT2D eigenvalue weighted by molar-refractivity contribution is 6.34. The molecular formula is C13H11Cl2FN2O. The second-order valence-electron chi connectivity index (χ2n) is 4.40. The van der Waals surface area contributed by atoms with Crippen molar-refractivity contribution in [2.24, 2.45) is 0 Å². The molecule has 0 bridgehead atoms. The topological polar surface area (TPSA) is 46.0 Å². The third-order valence-corrected chi connectivity index (χ3v) is 3.15. The molecule has 0 aliphatic carbocycles. The zero-order chi connectivity index (χ0) is 14.2. The third-order valence-electron chi connectivity index (χ3n) is 2.57. The Morgan fingerprint density at radius 1 is 1.11 bits per heavy atom. The van der Waals surface area contributed by atoms with Crippen LogP contribution in [0.25, 0.3) is 11.4 Å². The van der Waals surface area contributed by atoms with Gasteiger partial charge in [0.15, 0.2) is 5.82 Å². The third kappa shape index (κ3) is 2.96. The maximum absolute atomic E-state index is 13.2. The summed E-state index contributed by atoms with van der Waals surface area (Å²) in [5.74, 6) is -0.540. The summed E-state index contributed by atoms with van der Waals surface area (Å²) in [7, 11) is 0. The Labute approximate surface area is 120 Å². The molecule has 0 amide bonds. The minimum atomic E-state index is -0.584. The van der Waals surface area contributed by atoms with Crippen LogP contribution >= 0.6 is 23.2 Å². The Morgan fingerprint density at radius 3 is 2.16 bits per heavy atom. The maximum Gasteiger partial charge on any atom is 0.162 e. The molecule has 100 valence electrons. The molecular weight excluding hydrogens is 290 g/mol. The van der Waals surface area contributed by atoms with Crippen LogP contribution in [0, 0.1) is 5.82 Å². The van der Waals surface area contributed by atoms with E-state index in [4.69, 9.17) is 23.2 Å². The molecule has 0 aliphatic rings. The highest BCUT2D eigenvalue weighted by Gasteiger charge is 2.16. The van der Waals surface area contributed by atoms with Crippen molar-refractivity contribution in [1.82, 2.24) is 9.97 Å². The minimum Gasteiger partial charge on any atom is -0.508 e. The first-order valence-electron chi connectivity index (χ1n) is 5.61. The highest BCUT2D eigenvalue weighted by Crippen LogP contribution is 2.32. The number of halogens is 3. The van der Waals surface area contributed by atoms with Crippen molar-refractivity contribution in [3.05, 3.63) is 39.9 Å². The Bertz CT molecular complexity index is 589.